The van der Waals surface area contributed by atoms with E-state index in [2.05, 4.69) is 17.2 Å². The fourth-order valence-corrected chi connectivity index (χ4v) is 3.30. The molecule has 5 heteroatoms. The SMILES string of the molecule is CCCCCCCCCCOC(C(C)O)C1C(=O)NCCC/N=C\1C. The molecule has 25 heavy (non-hydrogen) atoms. The molecule has 0 saturated carbocycles. The number of carbonyl (C=O) groups is 1. The molecule has 1 rings (SSSR count). The minimum atomic E-state index is -0.700. The molecule has 5 nitrogen and oxygen atoms in total. The lowest BCUT2D eigenvalue weighted by Crippen LogP contribution is -2.48. The minimum absolute atomic E-state index is 0.0808. The third-order valence-corrected chi connectivity index (χ3v) is 4.84. The van der Waals surface area contributed by atoms with Crippen LogP contribution in [-0.2, 0) is 9.53 Å². The number of carbonyl (C=O) groups excluding carboxylic acids is 1. The van der Waals surface area contributed by atoms with Crippen molar-refractivity contribution in [2.75, 3.05) is 19.7 Å². The largest absolute Gasteiger partial charge is 0.391 e. The molecule has 0 radical (unpaired) electrons. The van der Waals surface area contributed by atoms with Gasteiger partial charge < -0.3 is 15.2 Å². The molecule has 0 aromatic carbocycles. The highest BCUT2D eigenvalue weighted by molar-refractivity contribution is 6.04. The van der Waals surface area contributed by atoms with Crippen molar-refractivity contribution >= 4 is 11.6 Å². The maximum atomic E-state index is 12.4. The topological polar surface area (TPSA) is 70.9 Å². The Labute approximate surface area is 153 Å². The summed E-state index contributed by atoms with van der Waals surface area (Å²) in [5.74, 6) is -0.572. The second-order valence-electron chi connectivity index (χ2n) is 7.20. The lowest BCUT2D eigenvalue weighted by atomic mass is 9.92. The molecular formula is C20H38N2O3. The first kappa shape index (κ1) is 22.1. The van der Waals surface area contributed by atoms with Gasteiger partial charge in [0.25, 0.3) is 0 Å². The number of rotatable bonds is 12. The van der Waals surface area contributed by atoms with Crippen molar-refractivity contribution in [1.82, 2.24) is 5.32 Å². The van der Waals surface area contributed by atoms with Crippen LogP contribution >= 0.6 is 0 Å². The Morgan fingerprint density at radius 2 is 1.84 bits per heavy atom. The molecule has 3 atom stereocenters. The van der Waals surface area contributed by atoms with Crippen LogP contribution < -0.4 is 5.32 Å². The molecule has 1 aliphatic heterocycles. The van der Waals surface area contributed by atoms with E-state index in [0.717, 1.165) is 25.0 Å². The first-order valence-electron chi connectivity index (χ1n) is 10.2. The highest BCUT2D eigenvalue weighted by Gasteiger charge is 2.35. The van der Waals surface area contributed by atoms with Crippen molar-refractivity contribution in [2.45, 2.75) is 90.8 Å². The number of nitrogens with one attached hydrogen (secondary N) is 1. The summed E-state index contributed by atoms with van der Waals surface area (Å²) in [7, 11) is 0. The van der Waals surface area contributed by atoms with Gasteiger partial charge in [-0.1, -0.05) is 51.9 Å². The van der Waals surface area contributed by atoms with Crippen molar-refractivity contribution in [3.8, 4) is 0 Å². The summed E-state index contributed by atoms with van der Waals surface area (Å²) in [6.45, 7) is 7.73. The maximum absolute atomic E-state index is 12.4. The minimum Gasteiger partial charge on any atom is -0.391 e. The standard InChI is InChI=1S/C20H38N2O3/c1-4-5-6-7-8-9-10-11-15-25-19(17(3)23)18-16(2)21-13-12-14-22-20(18)24/h17-19,23H,4-15H2,1-3H3,(H,22,24)/b21-16-. The number of hydrogen-bond donors (Lipinski definition) is 2. The van der Waals surface area contributed by atoms with Gasteiger partial charge in [0.05, 0.1) is 12.2 Å². The van der Waals surface area contributed by atoms with E-state index in [9.17, 15) is 9.90 Å². The van der Waals surface area contributed by atoms with Gasteiger partial charge in [0.15, 0.2) is 0 Å². The first-order chi connectivity index (χ1) is 12.1. The fourth-order valence-electron chi connectivity index (χ4n) is 3.30. The van der Waals surface area contributed by atoms with Crippen LogP contribution in [0.3, 0.4) is 0 Å². The van der Waals surface area contributed by atoms with Gasteiger partial charge in [-0.3, -0.25) is 9.79 Å². The van der Waals surface area contributed by atoms with E-state index in [-0.39, 0.29) is 5.91 Å². The van der Waals surface area contributed by atoms with Gasteiger partial charge in [-0.05, 0) is 26.7 Å². The predicted molar refractivity (Wildman–Crippen MR) is 103 cm³/mol. The van der Waals surface area contributed by atoms with Crippen molar-refractivity contribution in [1.29, 1.82) is 0 Å². The van der Waals surface area contributed by atoms with Crippen LogP contribution in [-0.4, -0.2) is 48.6 Å². The van der Waals surface area contributed by atoms with Gasteiger partial charge in [0.2, 0.25) is 5.91 Å². The molecule has 1 amide bonds. The quantitative estimate of drug-likeness (QED) is 0.527. The van der Waals surface area contributed by atoms with Crippen LogP contribution in [0.2, 0.25) is 0 Å². The Hall–Kier alpha value is -0.940. The number of aliphatic hydroxyl groups excluding tert-OH is 1. The maximum Gasteiger partial charge on any atom is 0.231 e. The van der Waals surface area contributed by atoms with Crippen molar-refractivity contribution in [3.63, 3.8) is 0 Å². The number of nitrogens with zero attached hydrogens (tertiary/aromatic N) is 1. The number of amides is 1. The van der Waals surface area contributed by atoms with Crippen molar-refractivity contribution in [2.24, 2.45) is 10.9 Å². The fraction of sp³-hybridized carbons (Fsp3) is 0.900. The van der Waals surface area contributed by atoms with Crippen molar-refractivity contribution < 1.29 is 14.6 Å². The Morgan fingerprint density at radius 3 is 2.48 bits per heavy atom. The molecule has 0 aromatic heterocycles. The molecule has 0 fully saturated rings. The Kier molecular flexibility index (Phi) is 11.7. The number of aliphatic hydroxyl groups is 1. The van der Waals surface area contributed by atoms with Crippen LogP contribution in [0.5, 0.6) is 0 Å². The van der Waals surface area contributed by atoms with E-state index < -0.39 is 18.1 Å². The summed E-state index contributed by atoms with van der Waals surface area (Å²) in [5.41, 5.74) is 0.763. The highest BCUT2D eigenvalue weighted by atomic mass is 16.5. The smallest absolute Gasteiger partial charge is 0.231 e. The molecule has 2 N–H and O–H groups in total. The third kappa shape index (κ3) is 8.82. The zero-order valence-electron chi connectivity index (χ0n) is 16.4. The highest BCUT2D eigenvalue weighted by Crippen LogP contribution is 2.18. The molecule has 0 aromatic rings. The van der Waals surface area contributed by atoms with Crippen LogP contribution in [0.25, 0.3) is 0 Å². The van der Waals surface area contributed by atoms with Gasteiger partial charge in [0.1, 0.15) is 5.92 Å². The summed E-state index contributed by atoms with van der Waals surface area (Å²) < 4.78 is 5.93. The van der Waals surface area contributed by atoms with Crippen LogP contribution in [0, 0.1) is 5.92 Å². The first-order valence-corrected chi connectivity index (χ1v) is 10.2. The van der Waals surface area contributed by atoms with E-state index in [1.165, 1.54) is 38.5 Å². The number of aliphatic imine (C=N–C) groups is 1. The summed E-state index contributed by atoms with van der Waals surface area (Å²) in [6, 6.07) is 0. The zero-order valence-corrected chi connectivity index (χ0v) is 16.4. The van der Waals surface area contributed by atoms with Gasteiger partial charge in [-0.2, -0.15) is 0 Å². The average Bonchev–Trinajstić information content (AvgIpc) is 2.57. The Bertz CT molecular complexity index is 396. The third-order valence-electron chi connectivity index (χ3n) is 4.84. The second kappa shape index (κ2) is 13.3. The lowest BCUT2D eigenvalue weighted by molar-refractivity contribution is -0.131. The van der Waals surface area contributed by atoms with E-state index in [0.29, 0.717) is 19.7 Å². The molecule has 3 unspecified atom stereocenters. The monoisotopic (exact) mass is 354 g/mol. The molecule has 1 aliphatic rings. The number of unbranched alkanes of at least 4 members (excludes halogenated alkanes) is 7. The predicted octanol–water partition coefficient (Wildman–Crippen LogP) is 3.49. The van der Waals surface area contributed by atoms with Gasteiger partial charge in [-0.15, -0.1) is 0 Å². The van der Waals surface area contributed by atoms with E-state index >= 15 is 0 Å². The second-order valence-corrected chi connectivity index (χ2v) is 7.20. The van der Waals surface area contributed by atoms with Gasteiger partial charge in [-0.25, -0.2) is 0 Å². The normalized spacial score (nSPS) is 23.1. The Balaban J connectivity index is 2.38. The van der Waals surface area contributed by atoms with E-state index in [1.54, 1.807) is 6.92 Å². The molecule has 0 bridgehead atoms. The van der Waals surface area contributed by atoms with Crippen LogP contribution in [0.1, 0.15) is 78.6 Å². The summed E-state index contributed by atoms with van der Waals surface area (Å²) in [6.07, 6.45) is 9.55. The number of ether oxygens (including phenoxy) is 1. The molecule has 0 aliphatic carbocycles. The molecule has 1 heterocycles. The molecule has 0 spiro atoms. The van der Waals surface area contributed by atoms with E-state index in [4.69, 9.17) is 4.74 Å². The Morgan fingerprint density at radius 1 is 1.20 bits per heavy atom. The summed E-state index contributed by atoms with van der Waals surface area (Å²) >= 11 is 0. The summed E-state index contributed by atoms with van der Waals surface area (Å²) in [5, 5.41) is 13.0. The van der Waals surface area contributed by atoms with Gasteiger partial charge in [0, 0.05) is 25.4 Å². The summed E-state index contributed by atoms with van der Waals surface area (Å²) in [4.78, 5) is 16.9. The average molecular weight is 355 g/mol. The number of hydrogen-bond acceptors (Lipinski definition) is 4. The van der Waals surface area contributed by atoms with E-state index in [1.807, 2.05) is 6.92 Å². The molecule has 0 saturated heterocycles. The van der Waals surface area contributed by atoms with Gasteiger partial charge >= 0.3 is 0 Å². The molecule has 146 valence electrons. The zero-order chi connectivity index (χ0) is 18.5. The van der Waals surface area contributed by atoms with Crippen LogP contribution in [0.4, 0.5) is 0 Å². The van der Waals surface area contributed by atoms with Crippen molar-refractivity contribution in [3.05, 3.63) is 0 Å². The van der Waals surface area contributed by atoms with Crippen LogP contribution in [0.15, 0.2) is 4.99 Å². The lowest BCUT2D eigenvalue weighted by Gasteiger charge is -2.29. The molecular weight excluding hydrogens is 316 g/mol.